The minimum absolute atomic E-state index is 0.124. The van der Waals surface area contributed by atoms with Crippen LogP contribution in [-0.4, -0.2) is 13.1 Å². The Morgan fingerprint density at radius 1 is 1.10 bits per heavy atom. The van der Waals surface area contributed by atoms with Crippen molar-refractivity contribution in [2.75, 3.05) is 7.11 Å². The number of carbonyl (C=O) groups is 1. The Kier molecular flexibility index (Phi) is 4.56. The van der Waals surface area contributed by atoms with Crippen molar-refractivity contribution in [3.05, 3.63) is 71.8 Å². The maximum atomic E-state index is 11.9. The Balaban J connectivity index is 2.33. The Hall–Kier alpha value is -2.13. The minimum atomic E-state index is -2.18. The van der Waals surface area contributed by atoms with Gasteiger partial charge in [-0.2, -0.15) is 0 Å². The first kappa shape index (κ1) is 12.6. The molecule has 0 heterocycles. The summed E-state index contributed by atoms with van der Waals surface area (Å²) in [5, 5.41) is 3.23. The first-order valence-electron chi connectivity index (χ1n) is 7.91. The molecular formula is C18H21NO2. The molecule has 3 heteroatoms. The molecule has 2 aromatic carbocycles. The van der Waals surface area contributed by atoms with Gasteiger partial charge in [0.05, 0.1) is 13.5 Å². The van der Waals surface area contributed by atoms with Gasteiger partial charge in [0.1, 0.15) is 0 Å². The van der Waals surface area contributed by atoms with Crippen molar-refractivity contribution in [3.63, 3.8) is 0 Å². The summed E-state index contributed by atoms with van der Waals surface area (Å²) in [5.41, 5.74) is 1.72. The maximum Gasteiger partial charge on any atom is 0.307 e. The summed E-state index contributed by atoms with van der Waals surface area (Å²) < 4.78 is 21.1. The number of rotatable bonds is 6. The lowest BCUT2D eigenvalue weighted by molar-refractivity contribution is -0.141. The molecule has 0 aliphatic rings. The molecular weight excluding hydrogens is 262 g/mol. The van der Waals surface area contributed by atoms with E-state index in [1.807, 2.05) is 55.5 Å². The van der Waals surface area contributed by atoms with Crippen LogP contribution in [0.3, 0.4) is 0 Å². The molecule has 0 saturated heterocycles. The van der Waals surface area contributed by atoms with E-state index in [1.54, 1.807) is 12.1 Å². The van der Waals surface area contributed by atoms with Crippen LogP contribution in [0.2, 0.25) is 0 Å². The van der Waals surface area contributed by atoms with Crippen molar-refractivity contribution in [2.45, 2.75) is 25.4 Å². The van der Waals surface area contributed by atoms with E-state index >= 15 is 0 Å². The SMILES string of the molecule is [2H]C([2H])(C(=O)OC)C(N[C@@H](C)c1ccccc1)c1ccccc1. The molecule has 0 bridgehead atoms. The third-order valence-electron chi connectivity index (χ3n) is 3.30. The average Bonchev–Trinajstić information content (AvgIpc) is 2.60. The van der Waals surface area contributed by atoms with Gasteiger partial charge in [0.2, 0.25) is 0 Å². The van der Waals surface area contributed by atoms with Crippen LogP contribution in [0.25, 0.3) is 0 Å². The van der Waals surface area contributed by atoms with Gasteiger partial charge < -0.3 is 10.1 Å². The van der Waals surface area contributed by atoms with Crippen LogP contribution >= 0.6 is 0 Å². The second kappa shape index (κ2) is 7.60. The molecule has 0 aromatic heterocycles. The van der Waals surface area contributed by atoms with Crippen LogP contribution in [0.4, 0.5) is 0 Å². The summed E-state index contributed by atoms with van der Waals surface area (Å²) in [4.78, 5) is 11.9. The molecule has 21 heavy (non-hydrogen) atoms. The summed E-state index contributed by atoms with van der Waals surface area (Å²) in [6, 6.07) is 17.9. The van der Waals surface area contributed by atoms with E-state index in [-0.39, 0.29) is 6.04 Å². The number of nitrogens with one attached hydrogen (secondary N) is 1. The van der Waals surface area contributed by atoms with E-state index in [9.17, 15) is 4.79 Å². The van der Waals surface area contributed by atoms with Crippen LogP contribution < -0.4 is 5.32 Å². The molecule has 1 unspecified atom stereocenters. The Labute approximate surface area is 128 Å². The zero-order chi connectivity index (χ0) is 16.9. The predicted octanol–water partition coefficient (Wildman–Crippen LogP) is 3.64. The molecule has 2 atom stereocenters. The van der Waals surface area contributed by atoms with E-state index in [4.69, 9.17) is 2.74 Å². The molecule has 1 N–H and O–H groups in total. The van der Waals surface area contributed by atoms with Gasteiger partial charge in [0, 0.05) is 14.8 Å². The fourth-order valence-corrected chi connectivity index (χ4v) is 2.13. The van der Waals surface area contributed by atoms with E-state index in [0.717, 1.165) is 5.56 Å². The van der Waals surface area contributed by atoms with Crippen LogP contribution in [0.5, 0.6) is 0 Å². The summed E-state index contributed by atoms with van der Waals surface area (Å²) in [6.45, 7) is 1.94. The molecule has 0 radical (unpaired) electrons. The van der Waals surface area contributed by atoms with Crippen molar-refractivity contribution < 1.29 is 12.3 Å². The average molecular weight is 285 g/mol. The summed E-state index contributed by atoms with van der Waals surface area (Å²) in [6.07, 6.45) is -2.18. The monoisotopic (exact) mass is 285 g/mol. The van der Waals surface area contributed by atoms with Gasteiger partial charge in [-0.25, -0.2) is 0 Å². The van der Waals surface area contributed by atoms with Gasteiger partial charge in [0.15, 0.2) is 0 Å². The summed E-state index contributed by atoms with van der Waals surface area (Å²) >= 11 is 0. The van der Waals surface area contributed by atoms with Gasteiger partial charge in [-0.15, -0.1) is 0 Å². The Morgan fingerprint density at radius 3 is 2.14 bits per heavy atom. The first-order chi connectivity index (χ1) is 11.0. The second-order valence-electron chi connectivity index (χ2n) is 4.78. The molecule has 0 amide bonds. The highest BCUT2D eigenvalue weighted by atomic mass is 16.5. The van der Waals surface area contributed by atoms with Crippen molar-refractivity contribution in [1.29, 1.82) is 0 Å². The number of esters is 1. The van der Waals surface area contributed by atoms with Gasteiger partial charge in [0.25, 0.3) is 0 Å². The molecule has 0 saturated carbocycles. The van der Waals surface area contributed by atoms with Crippen LogP contribution in [-0.2, 0) is 9.53 Å². The Bertz CT molecular complexity index is 632. The fourth-order valence-electron chi connectivity index (χ4n) is 2.13. The smallest absolute Gasteiger partial charge is 0.307 e. The molecule has 110 valence electrons. The lowest BCUT2D eigenvalue weighted by Gasteiger charge is -2.23. The molecule has 0 fully saturated rings. The van der Waals surface area contributed by atoms with E-state index in [1.165, 1.54) is 7.11 Å². The Morgan fingerprint density at radius 2 is 1.62 bits per heavy atom. The molecule has 2 rings (SSSR count). The largest absolute Gasteiger partial charge is 0.469 e. The van der Waals surface area contributed by atoms with Crippen molar-refractivity contribution in [2.24, 2.45) is 0 Å². The number of benzene rings is 2. The quantitative estimate of drug-likeness (QED) is 0.823. The standard InChI is InChI=1S/C18H21NO2/c1-14(15-9-5-3-6-10-15)19-17(13-18(20)21-2)16-11-7-4-8-12-16/h3-12,14,17,19H,13H2,1-2H3/t14-,17?/m0/s1/i13D2. The third-order valence-corrected chi connectivity index (χ3v) is 3.30. The van der Waals surface area contributed by atoms with Crippen molar-refractivity contribution >= 4 is 5.97 Å². The number of hydrogen-bond acceptors (Lipinski definition) is 3. The topological polar surface area (TPSA) is 38.3 Å². The zero-order valence-electron chi connectivity index (χ0n) is 14.2. The molecule has 2 aromatic rings. The molecule has 0 spiro atoms. The van der Waals surface area contributed by atoms with Gasteiger partial charge in [-0.05, 0) is 18.1 Å². The van der Waals surface area contributed by atoms with E-state index < -0.39 is 18.4 Å². The van der Waals surface area contributed by atoms with Crippen LogP contribution in [0.1, 0.15) is 39.2 Å². The third kappa shape index (κ3) is 4.43. The number of carbonyl (C=O) groups excluding carboxylic acids is 1. The maximum absolute atomic E-state index is 11.9. The predicted molar refractivity (Wildman–Crippen MR) is 83.8 cm³/mol. The number of ether oxygens (including phenoxy) is 1. The van der Waals surface area contributed by atoms with Gasteiger partial charge in [-0.3, -0.25) is 4.79 Å². The molecule has 0 aliphatic heterocycles. The van der Waals surface area contributed by atoms with E-state index in [0.29, 0.717) is 5.56 Å². The summed E-state index contributed by atoms with van der Waals surface area (Å²) in [7, 11) is 1.20. The lowest BCUT2D eigenvalue weighted by Crippen LogP contribution is -2.27. The van der Waals surface area contributed by atoms with Gasteiger partial charge >= 0.3 is 5.97 Å². The molecule has 0 aliphatic carbocycles. The highest BCUT2D eigenvalue weighted by molar-refractivity contribution is 5.70. The van der Waals surface area contributed by atoms with Crippen LogP contribution in [0.15, 0.2) is 60.7 Å². The molecule has 3 nitrogen and oxygen atoms in total. The lowest BCUT2D eigenvalue weighted by atomic mass is 10.0. The summed E-state index contributed by atoms with van der Waals surface area (Å²) in [5.74, 6) is -0.890. The normalized spacial score (nSPS) is 15.5. The second-order valence-corrected chi connectivity index (χ2v) is 4.78. The van der Waals surface area contributed by atoms with Crippen LogP contribution in [0, 0.1) is 0 Å². The van der Waals surface area contributed by atoms with Gasteiger partial charge in [-0.1, -0.05) is 60.7 Å². The first-order valence-corrected chi connectivity index (χ1v) is 6.91. The van der Waals surface area contributed by atoms with Crippen molar-refractivity contribution in [3.8, 4) is 0 Å². The number of hydrogen-bond donors (Lipinski definition) is 1. The highest BCUT2D eigenvalue weighted by Gasteiger charge is 2.18. The minimum Gasteiger partial charge on any atom is -0.469 e. The van der Waals surface area contributed by atoms with E-state index in [2.05, 4.69) is 10.1 Å². The highest BCUT2D eigenvalue weighted by Crippen LogP contribution is 2.22. The van der Waals surface area contributed by atoms with Crippen molar-refractivity contribution in [1.82, 2.24) is 5.32 Å². The zero-order valence-corrected chi connectivity index (χ0v) is 12.2. The number of methoxy groups -OCH3 is 1. The fraction of sp³-hybridized carbons (Fsp3) is 0.278.